The first-order valence-corrected chi connectivity index (χ1v) is 11.3. The summed E-state index contributed by atoms with van der Waals surface area (Å²) in [5, 5.41) is 17.0. The van der Waals surface area contributed by atoms with E-state index in [9.17, 15) is 19.5 Å². The lowest BCUT2D eigenvalue weighted by atomic mass is 9.94. The third-order valence-electron chi connectivity index (χ3n) is 5.68. The van der Waals surface area contributed by atoms with Crippen molar-refractivity contribution in [3.8, 4) is 22.4 Å². The van der Waals surface area contributed by atoms with Crippen molar-refractivity contribution in [3.63, 3.8) is 0 Å². The van der Waals surface area contributed by atoms with E-state index >= 15 is 0 Å². The SMILES string of the molecule is CCn1nc(-c2ccccc2)c(-c2ccccc2)c(C(=O)NC(Cc2ccccc2)C(=O)O)c1=O. The largest absolute Gasteiger partial charge is 0.480 e. The minimum Gasteiger partial charge on any atom is -0.480 e. The van der Waals surface area contributed by atoms with Gasteiger partial charge in [0.15, 0.2) is 0 Å². The number of nitrogens with one attached hydrogen (secondary N) is 1. The maximum absolute atomic E-state index is 13.6. The number of carboxylic acids is 1. The zero-order valence-electron chi connectivity index (χ0n) is 19.2. The number of aliphatic carboxylic acids is 1. The van der Waals surface area contributed by atoms with Crippen LogP contribution in [0.15, 0.2) is 95.8 Å². The third-order valence-corrected chi connectivity index (χ3v) is 5.68. The molecule has 7 nitrogen and oxygen atoms in total. The fourth-order valence-electron chi connectivity index (χ4n) is 3.96. The van der Waals surface area contributed by atoms with Crippen LogP contribution in [0.1, 0.15) is 22.8 Å². The second-order valence-corrected chi connectivity index (χ2v) is 8.01. The highest BCUT2D eigenvalue weighted by Gasteiger charge is 2.28. The van der Waals surface area contributed by atoms with Crippen molar-refractivity contribution in [2.75, 3.05) is 0 Å². The first-order chi connectivity index (χ1) is 17.0. The van der Waals surface area contributed by atoms with Crippen LogP contribution in [0.3, 0.4) is 0 Å². The molecule has 176 valence electrons. The van der Waals surface area contributed by atoms with Crippen LogP contribution in [0.2, 0.25) is 0 Å². The molecule has 4 rings (SSSR count). The Labute approximate surface area is 202 Å². The van der Waals surface area contributed by atoms with E-state index in [2.05, 4.69) is 10.4 Å². The van der Waals surface area contributed by atoms with Crippen LogP contribution in [0, 0.1) is 0 Å². The van der Waals surface area contributed by atoms with E-state index < -0.39 is 23.5 Å². The molecular weight excluding hydrogens is 442 g/mol. The van der Waals surface area contributed by atoms with E-state index in [0.717, 1.165) is 11.1 Å². The van der Waals surface area contributed by atoms with Crippen LogP contribution in [0.5, 0.6) is 0 Å². The standard InChI is InChI=1S/C28H25N3O4/c1-2-31-27(33)24(26(32)29-22(28(34)35)18-19-12-6-3-7-13-19)23(20-14-8-4-9-15-20)25(30-31)21-16-10-5-11-17-21/h3-17,22H,2,18H2,1H3,(H,29,32)(H,34,35). The summed E-state index contributed by atoms with van der Waals surface area (Å²) in [5.74, 6) is -1.93. The highest BCUT2D eigenvalue weighted by molar-refractivity contribution is 6.04. The zero-order chi connectivity index (χ0) is 24.8. The van der Waals surface area contributed by atoms with Crippen LogP contribution in [-0.4, -0.2) is 32.8 Å². The number of hydrogen-bond donors (Lipinski definition) is 2. The van der Waals surface area contributed by atoms with E-state index in [1.54, 1.807) is 43.3 Å². The number of nitrogens with zero attached hydrogens (tertiary/aromatic N) is 2. The lowest BCUT2D eigenvalue weighted by molar-refractivity contribution is -0.139. The molecule has 0 aliphatic heterocycles. The highest BCUT2D eigenvalue weighted by Crippen LogP contribution is 2.32. The van der Waals surface area contributed by atoms with Crippen LogP contribution < -0.4 is 10.9 Å². The molecule has 1 unspecified atom stereocenters. The first-order valence-electron chi connectivity index (χ1n) is 11.3. The molecule has 0 bridgehead atoms. The zero-order valence-corrected chi connectivity index (χ0v) is 19.2. The number of carbonyl (C=O) groups excluding carboxylic acids is 1. The van der Waals surface area contributed by atoms with Crippen LogP contribution in [0.25, 0.3) is 22.4 Å². The van der Waals surface area contributed by atoms with Gasteiger partial charge >= 0.3 is 5.97 Å². The van der Waals surface area contributed by atoms with Gasteiger partial charge in [0.25, 0.3) is 11.5 Å². The molecule has 0 radical (unpaired) electrons. The topological polar surface area (TPSA) is 101 Å². The Morgan fingerprint density at radius 1 is 0.886 bits per heavy atom. The van der Waals surface area contributed by atoms with Gasteiger partial charge in [-0.3, -0.25) is 9.59 Å². The molecule has 0 aliphatic carbocycles. The molecule has 3 aromatic carbocycles. The molecule has 1 amide bonds. The predicted octanol–water partition coefficient (Wildman–Crippen LogP) is 4.02. The summed E-state index contributed by atoms with van der Waals surface area (Å²) in [4.78, 5) is 39.0. The quantitative estimate of drug-likeness (QED) is 0.408. The van der Waals surface area contributed by atoms with Gasteiger partial charge in [-0.25, -0.2) is 9.48 Å². The molecular formula is C28H25N3O4. The van der Waals surface area contributed by atoms with Gasteiger partial charge in [-0.1, -0.05) is 91.0 Å². The van der Waals surface area contributed by atoms with Crippen LogP contribution in [0.4, 0.5) is 0 Å². The van der Waals surface area contributed by atoms with E-state index in [1.807, 2.05) is 54.6 Å². The van der Waals surface area contributed by atoms with Gasteiger partial charge in [-0.2, -0.15) is 5.10 Å². The molecule has 1 atom stereocenters. The summed E-state index contributed by atoms with van der Waals surface area (Å²) >= 11 is 0. The normalized spacial score (nSPS) is 11.6. The van der Waals surface area contributed by atoms with Gasteiger partial charge in [0, 0.05) is 24.1 Å². The monoisotopic (exact) mass is 467 g/mol. The fraction of sp³-hybridized carbons (Fsp3) is 0.143. The van der Waals surface area contributed by atoms with Gasteiger partial charge < -0.3 is 10.4 Å². The maximum atomic E-state index is 13.6. The van der Waals surface area contributed by atoms with Crippen molar-refractivity contribution in [2.24, 2.45) is 0 Å². The van der Waals surface area contributed by atoms with Gasteiger partial charge in [0.1, 0.15) is 11.6 Å². The number of hydrogen-bond acceptors (Lipinski definition) is 4. The van der Waals surface area contributed by atoms with Crippen molar-refractivity contribution >= 4 is 11.9 Å². The Balaban J connectivity index is 1.87. The van der Waals surface area contributed by atoms with Gasteiger partial charge in [0.2, 0.25) is 0 Å². The number of amides is 1. The summed E-state index contributed by atoms with van der Waals surface area (Å²) in [6, 6.07) is 26.2. The van der Waals surface area contributed by atoms with E-state index in [0.29, 0.717) is 16.8 Å². The summed E-state index contributed by atoms with van der Waals surface area (Å²) < 4.78 is 1.23. The van der Waals surface area contributed by atoms with Gasteiger partial charge in [-0.15, -0.1) is 0 Å². The minimum absolute atomic E-state index is 0.0845. The Kier molecular flexibility index (Phi) is 7.16. The number of carboxylic acid groups (broad SMARTS) is 1. The lowest BCUT2D eigenvalue weighted by Crippen LogP contribution is -2.45. The van der Waals surface area contributed by atoms with Crippen molar-refractivity contribution in [1.29, 1.82) is 0 Å². The Morgan fingerprint density at radius 2 is 1.43 bits per heavy atom. The summed E-state index contributed by atoms with van der Waals surface area (Å²) in [5.41, 5.74) is 2.26. The second-order valence-electron chi connectivity index (χ2n) is 8.01. The number of benzene rings is 3. The van der Waals surface area contributed by atoms with Crippen molar-refractivity contribution in [3.05, 3.63) is 112 Å². The molecule has 0 saturated heterocycles. The molecule has 2 N–H and O–H groups in total. The molecule has 4 aromatic rings. The van der Waals surface area contributed by atoms with Crippen LogP contribution >= 0.6 is 0 Å². The van der Waals surface area contributed by atoms with E-state index in [1.165, 1.54) is 4.68 Å². The highest BCUT2D eigenvalue weighted by atomic mass is 16.4. The number of carbonyl (C=O) groups is 2. The molecule has 1 heterocycles. The molecule has 35 heavy (non-hydrogen) atoms. The predicted molar refractivity (Wildman–Crippen MR) is 134 cm³/mol. The van der Waals surface area contributed by atoms with E-state index in [4.69, 9.17) is 0 Å². The van der Waals surface area contributed by atoms with Crippen molar-refractivity contribution < 1.29 is 14.7 Å². The Bertz CT molecular complexity index is 1380. The van der Waals surface area contributed by atoms with Crippen LogP contribution in [-0.2, 0) is 17.8 Å². The molecule has 0 fully saturated rings. The lowest BCUT2D eigenvalue weighted by Gasteiger charge is -2.19. The average molecular weight is 468 g/mol. The third kappa shape index (κ3) is 5.19. The molecule has 0 saturated carbocycles. The smallest absolute Gasteiger partial charge is 0.326 e. The Morgan fingerprint density at radius 3 is 1.97 bits per heavy atom. The van der Waals surface area contributed by atoms with Crippen molar-refractivity contribution in [1.82, 2.24) is 15.1 Å². The number of aromatic nitrogens is 2. The number of aryl methyl sites for hydroxylation is 1. The van der Waals surface area contributed by atoms with Crippen molar-refractivity contribution in [2.45, 2.75) is 25.9 Å². The number of rotatable bonds is 8. The first kappa shape index (κ1) is 23.6. The second kappa shape index (κ2) is 10.6. The summed E-state index contributed by atoms with van der Waals surface area (Å²) in [7, 11) is 0. The van der Waals surface area contributed by atoms with E-state index in [-0.39, 0.29) is 18.5 Å². The summed E-state index contributed by atoms with van der Waals surface area (Å²) in [6.45, 7) is 2.02. The molecule has 1 aromatic heterocycles. The maximum Gasteiger partial charge on any atom is 0.326 e. The van der Waals surface area contributed by atoms with Gasteiger partial charge in [-0.05, 0) is 18.1 Å². The average Bonchev–Trinajstić information content (AvgIpc) is 2.89. The van der Waals surface area contributed by atoms with Gasteiger partial charge in [0.05, 0.1) is 5.69 Å². The molecule has 7 heteroatoms. The molecule has 0 aliphatic rings. The molecule has 0 spiro atoms. The fourth-order valence-corrected chi connectivity index (χ4v) is 3.96. The minimum atomic E-state index is -1.21. The Hall–Kier alpha value is -4.52. The summed E-state index contributed by atoms with van der Waals surface area (Å²) in [6.07, 6.45) is 0.0845.